The molecule has 0 fully saturated rings. The van der Waals surface area contributed by atoms with Crippen molar-refractivity contribution < 1.29 is 24.3 Å². The van der Waals surface area contributed by atoms with Crippen molar-refractivity contribution in [1.82, 2.24) is 5.32 Å². The number of carbonyl (C=O) groups is 4. The van der Waals surface area contributed by atoms with E-state index in [-0.39, 0.29) is 28.3 Å². The minimum atomic E-state index is -1.13. The quantitative estimate of drug-likeness (QED) is 0.374. The van der Waals surface area contributed by atoms with Crippen molar-refractivity contribution in [2.24, 2.45) is 0 Å². The van der Waals surface area contributed by atoms with Crippen LogP contribution in [0, 0.1) is 11.3 Å². The Labute approximate surface area is 205 Å². The highest BCUT2D eigenvalue weighted by molar-refractivity contribution is 6.41. The third-order valence-electron chi connectivity index (χ3n) is 4.85. The molecule has 0 aromatic heterocycles. The van der Waals surface area contributed by atoms with Gasteiger partial charge in [0, 0.05) is 12.1 Å². The molecule has 0 aliphatic carbocycles. The number of halogens is 1. The van der Waals surface area contributed by atoms with Gasteiger partial charge in [-0.2, -0.15) is 5.26 Å². The number of nitrogens with zero attached hydrogens (tertiary/aromatic N) is 1. The molecule has 3 amide bonds. The van der Waals surface area contributed by atoms with E-state index in [9.17, 15) is 19.2 Å². The number of aromatic carboxylic acids is 1. The van der Waals surface area contributed by atoms with Gasteiger partial charge in [-0.25, -0.2) is 4.79 Å². The number of carboxylic acid groups (broad SMARTS) is 1. The predicted octanol–water partition coefficient (Wildman–Crippen LogP) is 3.21. The Morgan fingerprint density at radius 1 is 0.914 bits per heavy atom. The first kappa shape index (κ1) is 25.0. The second kappa shape index (κ2) is 11.4. The van der Waals surface area contributed by atoms with E-state index in [2.05, 4.69) is 16.0 Å². The van der Waals surface area contributed by atoms with Gasteiger partial charge < -0.3 is 21.1 Å². The molecule has 0 spiro atoms. The Balaban J connectivity index is 1.75. The molecule has 3 aromatic carbocycles. The van der Waals surface area contributed by atoms with Crippen molar-refractivity contribution in [1.29, 1.82) is 5.26 Å². The van der Waals surface area contributed by atoms with Crippen molar-refractivity contribution in [3.8, 4) is 6.07 Å². The van der Waals surface area contributed by atoms with Gasteiger partial charge in [-0.3, -0.25) is 14.4 Å². The number of hydrogen-bond acceptors (Lipinski definition) is 5. The van der Waals surface area contributed by atoms with Crippen LogP contribution in [0.2, 0.25) is 5.02 Å². The van der Waals surface area contributed by atoms with Gasteiger partial charge in [-0.1, -0.05) is 41.9 Å². The molecule has 0 aliphatic rings. The van der Waals surface area contributed by atoms with Crippen LogP contribution in [-0.4, -0.2) is 34.8 Å². The minimum Gasteiger partial charge on any atom is -0.478 e. The number of anilines is 2. The number of carbonyl (C=O) groups excluding carboxylic acids is 3. The highest BCUT2D eigenvalue weighted by Gasteiger charge is 2.25. The van der Waals surface area contributed by atoms with E-state index < -0.39 is 29.7 Å². The average molecular weight is 491 g/mol. The summed E-state index contributed by atoms with van der Waals surface area (Å²) in [4.78, 5) is 49.1. The summed E-state index contributed by atoms with van der Waals surface area (Å²) in [7, 11) is 0. The predicted molar refractivity (Wildman–Crippen MR) is 129 cm³/mol. The highest BCUT2D eigenvalue weighted by atomic mass is 35.5. The van der Waals surface area contributed by atoms with Crippen LogP contribution in [0.1, 0.15) is 21.5 Å². The summed E-state index contributed by atoms with van der Waals surface area (Å²) in [5.41, 5.74) is 1.41. The van der Waals surface area contributed by atoms with Crippen LogP contribution in [0.4, 0.5) is 11.4 Å². The van der Waals surface area contributed by atoms with Crippen molar-refractivity contribution in [2.75, 3.05) is 10.6 Å². The number of rotatable bonds is 7. The zero-order chi connectivity index (χ0) is 25.4. The average Bonchev–Trinajstić information content (AvgIpc) is 2.85. The molecule has 35 heavy (non-hydrogen) atoms. The minimum absolute atomic E-state index is 0.0490. The van der Waals surface area contributed by atoms with Crippen LogP contribution >= 0.6 is 11.6 Å². The lowest BCUT2D eigenvalue weighted by Gasteiger charge is -2.19. The summed E-state index contributed by atoms with van der Waals surface area (Å²) in [6, 6.07) is 19.3. The molecule has 0 heterocycles. The molecule has 1 atom stereocenters. The number of benzene rings is 3. The van der Waals surface area contributed by atoms with Gasteiger partial charge in [0.1, 0.15) is 6.04 Å². The maximum atomic E-state index is 13.0. The lowest BCUT2D eigenvalue weighted by atomic mass is 10.0. The van der Waals surface area contributed by atoms with Crippen LogP contribution in [0.5, 0.6) is 0 Å². The van der Waals surface area contributed by atoms with Gasteiger partial charge >= 0.3 is 17.8 Å². The first-order valence-corrected chi connectivity index (χ1v) is 10.6. The van der Waals surface area contributed by atoms with Crippen LogP contribution < -0.4 is 16.0 Å². The Morgan fingerprint density at radius 3 is 2.23 bits per heavy atom. The molecular formula is C25H19ClN4O5. The molecule has 0 unspecified atom stereocenters. The summed E-state index contributed by atoms with van der Waals surface area (Å²) in [6.45, 7) is 0. The summed E-state index contributed by atoms with van der Waals surface area (Å²) in [5.74, 6) is -3.87. The number of amides is 3. The molecule has 3 rings (SSSR count). The maximum Gasteiger partial charge on any atom is 0.335 e. The first-order valence-electron chi connectivity index (χ1n) is 10.3. The second-order valence-electron chi connectivity index (χ2n) is 7.35. The van der Waals surface area contributed by atoms with Crippen LogP contribution in [0.3, 0.4) is 0 Å². The lowest BCUT2D eigenvalue weighted by Crippen LogP contribution is -2.48. The van der Waals surface area contributed by atoms with Crippen molar-refractivity contribution >= 4 is 46.7 Å². The van der Waals surface area contributed by atoms with E-state index in [1.807, 2.05) is 6.07 Å². The smallest absolute Gasteiger partial charge is 0.335 e. The maximum absolute atomic E-state index is 13.0. The van der Waals surface area contributed by atoms with E-state index in [1.165, 1.54) is 42.5 Å². The van der Waals surface area contributed by atoms with Crippen LogP contribution in [0.15, 0.2) is 72.8 Å². The number of nitrogens with one attached hydrogen (secondary N) is 3. The molecule has 0 saturated heterocycles. The van der Waals surface area contributed by atoms with Gasteiger partial charge in [0.2, 0.25) is 5.91 Å². The monoisotopic (exact) mass is 490 g/mol. The fraction of sp³-hybridized carbons (Fsp3) is 0.0800. The zero-order valence-corrected chi connectivity index (χ0v) is 18.9. The third kappa shape index (κ3) is 6.90. The summed E-state index contributed by atoms with van der Waals surface area (Å²) < 4.78 is 0. The van der Waals surface area contributed by atoms with Gasteiger partial charge in [-0.15, -0.1) is 0 Å². The van der Waals surface area contributed by atoms with Crippen molar-refractivity contribution in [3.05, 3.63) is 94.5 Å². The number of hydrogen-bond donors (Lipinski definition) is 4. The second-order valence-corrected chi connectivity index (χ2v) is 7.76. The molecule has 176 valence electrons. The zero-order valence-electron chi connectivity index (χ0n) is 18.1. The third-order valence-corrected chi connectivity index (χ3v) is 5.18. The highest BCUT2D eigenvalue weighted by Crippen LogP contribution is 2.22. The van der Waals surface area contributed by atoms with E-state index in [1.54, 1.807) is 30.3 Å². The molecule has 9 nitrogen and oxygen atoms in total. The fourth-order valence-electron chi connectivity index (χ4n) is 3.08. The molecule has 3 aromatic rings. The van der Waals surface area contributed by atoms with Crippen LogP contribution in [-0.2, 0) is 20.8 Å². The lowest BCUT2D eigenvalue weighted by molar-refractivity contribution is -0.137. The summed E-state index contributed by atoms with van der Waals surface area (Å²) in [6.07, 6.45) is 0.0869. The first-order chi connectivity index (χ1) is 16.8. The molecule has 10 heteroatoms. The Hall–Kier alpha value is -4.68. The largest absolute Gasteiger partial charge is 0.478 e. The Bertz CT molecular complexity index is 1300. The number of nitriles is 1. The van der Waals surface area contributed by atoms with E-state index in [0.717, 1.165) is 5.56 Å². The van der Waals surface area contributed by atoms with Gasteiger partial charge in [0.15, 0.2) is 0 Å². The van der Waals surface area contributed by atoms with Gasteiger partial charge in [-0.05, 0) is 48.0 Å². The summed E-state index contributed by atoms with van der Waals surface area (Å²) in [5, 5.41) is 25.5. The van der Waals surface area contributed by atoms with Crippen LogP contribution in [0.25, 0.3) is 0 Å². The Morgan fingerprint density at radius 2 is 1.60 bits per heavy atom. The number of carboxylic acids is 1. The van der Waals surface area contributed by atoms with E-state index >= 15 is 0 Å². The molecule has 0 bridgehead atoms. The van der Waals surface area contributed by atoms with Crippen molar-refractivity contribution in [2.45, 2.75) is 12.5 Å². The topological polar surface area (TPSA) is 148 Å². The van der Waals surface area contributed by atoms with E-state index in [0.29, 0.717) is 5.69 Å². The normalized spacial score (nSPS) is 11.0. The SMILES string of the molecule is N#Cc1ccc(Cl)c(NC(=O)C(=O)N[C@@H](Cc2ccccc2)C(=O)Nc2ccc(C(=O)O)cc2)c1. The van der Waals surface area contributed by atoms with Gasteiger partial charge in [0.25, 0.3) is 0 Å². The molecule has 0 aliphatic heterocycles. The fourth-order valence-corrected chi connectivity index (χ4v) is 3.24. The molecule has 0 saturated carbocycles. The molecule has 4 N–H and O–H groups in total. The van der Waals surface area contributed by atoms with Crippen molar-refractivity contribution in [3.63, 3.8) is 0 Å². The molecular weight excluding hydrogens is 472 g/mol. The standard InChI is InChI=1S/C25H19ClN4O5/c26-19-11-6-16(14-27)13-20(19)29-23(32)24(33)30-21(12-15-4-2-1-3-5-15)22(31)28-18-9-7-17(8-10-18)25(34)35/h1-11,13,21H,12H2,(H,28,31)(H,29,32)(H,30,33)(H,34,35)/t21-/m0/s1. The Kier molecular flexibility index (Phi) is 8.16. The van der Waals surface area contributed by atoms with E-state index in [4.69, 9.17) is 22.0 Å². The molecule has 0 radical (unpaired) electrons. The van der Waals surface area contributed by atoms with Gasteiger partial charge in [0.05, 0.1) is 27.9 Å². The summed E-state index contributed by atoms with van der Waals surface area (Å²) >= 11 is 6.03.